The quantitative estimate of drug-likeness (QED) is 0.678. The van der Waals surface area contributed by atoms with Gasteiger partial charge in [-0.2, -0.15) is 0 Å². The van der Waals surface area contributed by atoms with Crippen LogP contribution in [0.4, 0.5) is 0 Å². The molecule has 0 saturated carbocycles. The highest BCUT2D eigenvalue weighted by molar-refractivity contribution is 6.12. The minimum Gasteiger partial charge on any atom is -0.480 e. The first-order chi connectivity index (χ1) is 9.45. The average molecular weight is 275 g/mol. The lowest BCUT2D eigenvalue weighted by Gasteiger charge is -2.06. The van der Waals surface area contributed by atoms with Gasteiger partial charge in [0.15, 0.2) is 5.78 Å². The summed E-state index contributed by atoms with van der Waals surface area (Å²) in [6.45, 7) is 1.06. The van der Waals surface area contributed by atoms with Crippen molar-refractivity contribution in [3.63, 3.8) is 0 Å². The zero-order valence-electron chi connectivity index (χ0n) is 11.0. The third-order valence-electron chi connectivity index (χ3n) is 2.99. The Hall–Kier alpha value is -2.63. The van der Waals surface area contributed by atoms with Crippen molar-refractivity contribution in [3.8, 4) is 0 Å². The maximum absolute atomic E-state index is 11.8. The van der Waals surface area contributed by atoms with Crippen LogP contribution in [0.2, 0.25) is 0 Å². The van der Waals surface area contributed by atoms with Crippen molar-refractivity contribution < 1.29 is 24.2 Å². The molecule has 0 fully saturated rings. The number of aliphatic carboxylic acids is 1. The topological polar surface area (TPSA) is 85.6 Å². The Morgan fingerprint density at radius 2 is 1.95 bits per heavy atom. The molecule has 0 atom stereocenters. The van der Waals surface area contributed by atoms with Crippen LogP contribution in [-0.2, 0) is 16.1 Å². The average Bonchev–Trinajstić information content (AvgIpc) is 2.76. The van der Waals surface area contributed by atoms with E-state index in [0.717, 1.165) is 0 Å². The van der Waals surface area contributed by atoms with Crippen molar-refractivity contribution in [1.29, 1.82) is 0 Å². The summed E-state index contributed by atoms with van der Waals surface area (Å²) in [6.07, 6.45) is 1.45. The Labute approximate surface area is 114 Å². The summed E-state index contributed by atoms with van der Waals surface area (Å²) in [5.74, 6) is -1.83. The number of carbonyl (C=O) groups excluding carboxylic acids is 2. The smallest absolute Gasteiger partial charge is 0.340 e. The molecule has 2 rings (SSSR count). The van der Waals surface area contributed by atoms with Crippen molar-refractivity contribution in [2.45, 2.75) is 13.5 Å². The standard InChI is InChI=1S/C14H13NO5/c1-8(16)11-6-15(7-12(17)18)13-9(11)4-3-5-10(13)14(19)20-2/h3-6H,7H2,1-2H3,(H,17,18). The van der Waals surface area contributed by atoms with Crippen molar-refractivity contribution >= 4 is 28.6 Å². The monoisotopic (exact) mass is 275 g/mol. The maximum atomic E-state index is 11.8. The number of carboxylic acid groups (broad SMARTS) is 1. The number of carboxylic acids is 1. The number of ether oxygens (including phenoxy) is 1. The van der Waals surface area contributed by atoms with E-state index >= 15 is 0 Å². The van der Waals surface area contributed by atoms with Gasteiger partial charge in [-0.3, -0.25) is 9.59 Å². The van der Waals surface area contributed by atoms with Gasteiger partial charge >= 0.3 is 11.9 Å². The molecular formula is C14H13NO5. The third kappa shape index (κ3) is 2.27. The molecule has 1 aromatic heterocycles. The van der Waals surface area contributed by atoms with E-state index in [1.807, 2.05) is 0 Å². The summed E-state index contributed by atoms with van der Waals surface area (Å²) in [5.41, 5.74) is 1.01. The summed E-state index contributed by atoms with van der Waals surface area (Å²) < 4.78 is 6.07. The van der Waals surface area contributed by atoms with Crippen molar-refractivity contribution in [1.82, 2.24) is 4.57 Å². The van der Waals surface area contributed by atoms with Crippen LogP contribution in [0, 0.1) is 0 Å². The fourth-order valence-corrected chi connectivity index (χ4v) is 2.19. The van der Waals surface area contributed by atoms with Gasteiger partial charge in [-0.1, -0.05) is 12.1 Å². The van der Waals surface area contributed by atoms with Crippen LogP contribution in [0.1, 0.15) is 27.6 Å². The molecule has 0 unspecified atom stereocenters. The molecular weight excluding hydrogens is 262 g/mol. The van der Waals surface area contributed by atoms with E-state index in [9.17, 15) is 14.4 Å². The number of hydrogen-bond donors (Lipinski definition) is 1. The number of ketones is 1. The van der Waals surface area contributed by atoms with E-state index < -0.39 is 11.9 Å². The summed E-state index contributed by atoms with van der Waals surface area (Å²) >= 11 is 0. The molecule has 0 aliphatic rings. The van der Waals surface area contributed by atoms with Crippen LogP contribution >= 0.6 is 0 Å². The molecule has 6 nitrogen and oxygen atoms in total. The number of para-hydroxylation sites is 1. The number of benzene rings is 1. The molecule has 0 radical (unpaired) electrons. The summed E-state index contributed by atoms with van der Waals surface area (Å²) in [5, 5.41) is 9.48. The largest absolute Gasteiger partial charge is 0.480 e. The SMILES string of the molecule is COC(=O)c1cccc2c(C(C)=O)cn(CC(=O)O)c12. The molecule has 0 amide bonds. The molecule has 0 saturated heterocycles. The minimum absolute atomic E-state index is 0.193. The van der Waals surface area contributed by atoms with Crippen LogP contribution in [0.15, 0.2) is 24.4 Å². The normalized spacial score (nSPS) is 10.5. The number of methoxy groups -OCH3 is 1. The third-order valence-corrected chi connectivity index (χ3v) is 2.99. The molecule has 6 heteroatoms. The second-order valence-electron chi connectivity index (χ2n) is 4.31. The number of rotatable bonds is 4. The van der Waals surface area contributed by atoms with Crippen molar-refractivity contribution in [3.05, 3.63) is 35.5 Å². The summed E-state index contributed by atoms with van der Waals surface area (Å²) in [4.78, 5) is 34.3. The Morgan fingerprint density at radius 1 is 1.25 bits per heavy atom. The van der Waals surface area contributed by atoms with Crippen molar-refractivity contribution in [2.75, 3.05) is 7.11 Å². The predicted octanol–water partition coefficient (Wildman–Crippen LogP) is 1.72. The lowest BCUT2D eigenvalue weighted by molar-refractivity contribution is -0.137. The van der Waals surface area contributed by atoms with Crippen LogP contribution in [0.5, 0.6) is 0 Å². The highest BCUT2D eigenvalue weighted by Crippen LogP contribution is 2.26. The lowest BCUT2D eigenvalue weighted by atomic mass is 10.1. The van der Waals surface area contributed by atoms with E-state index in [1.165, 1.54) is 30.9 Å². The molecule has 1 N–H and O–H groups in total. The number of Topliss-reactive ketones (excluding diaryl/α,β-unsaturated/α-hetero) is 1. The van der Waals surface area contributed by atoms with Gasteiger partial charge in [0.05, 0.1) is 18.2 Å². The van der Waals surface area contributed by atoms with Crippen LogP contribution in [0.3, 0.4) is 0 Å². The number of carbonyl (C=O) groups is 3. The molecule has 1 heterocycles. The van der Waals surface area contributed by atoms with Crippen LogP contribution in [-0.4, -0.2) is 34.5 Å². The Morgan fingerprint density at radius 3 is 2.50 bits per heavy atom. The van der Waals surface area contributed by atoms with E-state index in [4.69, 9.17) is 5.11 Å². The number of esters is 1. The fraction of sp³-hybridized carbons (Fsp3) is 0.214. The molecule has 1 aromatic carbocycles. The second-order valence-corrected chi connectivity index (χ2v) is 4.31. The molecule has 0 spiro atoms. The molecule has 104 valence electrons. The first kappa shape index (κ1) is 13.8. The van der Waals surface area contributed by atoms with Gasteiger partial charge in [0.1, 0.15) is 6.54 Å². The lowest BCUT2D eigenvalue weighted by Crippen LogP contribution is -2.10. The summed E-state index contributed by atoms with van der Waals surface area (Å²) in [6, 6.07) is 4.85. The van der Waals surface area contributed by atoms with E-state index in [-0.39, 0.29) is 17.9 Å². The van der Waals surface area contributed by atoms with Gasteiger partial charge in [-0.25, -0.2) is 4.79 Å². The Balaban J connectivity index is 2.80. The van der Waals surface area contributed by atoms with Crippen LogP contribution < -0.4 is 0 Å². The summed E-state index contributed by atoms with van der Waals surface area (Å²) in [7, 11) is 1.25. The zero-order valence-corrected chi connectivity index (χ0v) is 11.0. The van der Waals surface area contributed by atoms with Gasteiger partial charge in [0.2, 0.25) is 0 Å². The highest BCUT2D eigenvalue weighted by atomic mass is 16.5. The molecule has 0 bridgehead atoms. The Bertz CT molecular complexity index is 714. The Kier molecular flexibility index (Phi) is 3.56. The van der Waals surface area contributed by atoms with E-state index in [0.29, 0.717) is 16.5 Å². The highest BCUT2D eigenvalue weighted by Gasteiger charge is 2.19. The molecule has 20 heavy (non-hydrogen) atoms. The number of aromatic nitrogens is 1. The second kappa shape index (κ2) is 5.16. The maximum Gasteiger partial charge on any atom is 0.340 e. The van der Waals surface area contributed by atoms with Gasteiger partial charge in [-0.05, 0) is 13.0 Å². The van der Waals surface area contributed by atoms with Gasteiger partial charge in [-0.15, -0.1) is 0 Å². The van der Waals surface area contributed by atoms with Gasteiger partial charge in [0, 0.05) is 17.1 Å². The number of nitrogens with zero attached hydrogens (tertiary/aromatic N) is 1. The number of fused-ring (bicyclic) bond motifs is 1. The zero-order chi connectivity index (χ0) is 14.9. The van der Waals surface area contributed by atoms with Gasteiger partial charge < -0.3 is 14.4 Å². The van der Waals surface area contributed by atoms with E-state index in [2.05, 4.69) is 4.74 Å². The van der Waals surface area contributed by atoms with E-state index in [1.54, 1.807) is 12.1 Å². The molecule has 2 aromatic rings. The number of hydrogen-bond acceptors (Lipinski definition) is 4. The minimum atomic E-state index is -1.06. The van der Waals surface area contributed by atoms with Crippen LogP contribution in [0.25, 0.3) is 10.9 Å². The molecule has 0 aliphatic carbocycles. The fourth-order valence-electron chi connectivity index (χ4n) is 2.19. The van der Waals surface area contributed by atoms with Gasteiger partial charge in [0.25, 0.3) is 0 Å². The predicted molar refractivity (Wildman–Crippen MR) is 70.9 cm³/mol. The first-order valence-electron chi connectivity index (χ1n) is 5.88. The molecule has 0 aliphatic heterocycles. The first-order valence-corrected chi connectivity index (χ1v) is 5.88. The van der Waals surface area contributed by atoms with Crippen molar-refractivity contribution in [2.24, 2.45) is 0 Å².